The zero-order chi connectivity index (χ0) is 18.2. The molecule has 2 aromatic carbocycles. The number of para-hydroxylation sites is 2. The number of amides is 1. The predicted molar refractivity (Wildman–Crippen MR) is 104 cm³/mol. The molecule has 1 amide bonds. The van der Waals surface area contributed by atoms with Gasteiger partial charge in [-0.25, -0.2) is 0 Å². The van der Waals surface area contributed by atoms with Crippen LogP contribution in [0.5, 0.6) is 11.5 Å². The summed E-state index contributed by atoms with van der Waals surface area (Å²) in [5.41, 5.74) is 1.84. The second kappa shape index (κ2) is 9.13. The van der Waals surface area contributed by atoms with Crippen molar-refractivity contribution >= 4 is 17.3 Å². The van der Waals surface area contributed by atoms with Crippen LogP contribution in [0.3, 0.4) is 0 Å². The molecular formula is C21H26N2O3. The Hall–Kier alpha value is -2.69. The monoisotopic (exact) mass is 354 g/mol. The lowest BCUT2D eigenvalue weighted by atomic mass is 10.1. The van der Waals surface area contributed by atoms with Crippen LogP contribution in [-0.2, 0) is 4.79 Å². The van der Waals surface area contributed by atoms with E-state index in [4.69, 9.17) is 9.47 Å². The number of ether oxygens (including phenoxy) is 2. The fourth-order valence-corrected chi connectivity index (χ4v) is 3.23. The number of anilines is 2. The number of hydrogen-bond donors (Lipinski definition) is 2. The summed E-state index contributed by atoms with van der Waals surface area (Å²) in [5.74, 6) is 1.75. The van der Waals surface area contributed by atoms with Gasteiger partial charge in [-0.2, -0.15) is 0 Å². The first-order valence-corrected chi connectivity index (χ1v) is 9.14. The number of methoxy groups -OCH3 is 1. The van der Waals surface area contributed by atoms with Crippen molar-refractivity contribution in [2.45, 2.75) is 25.7 Å². The molecule has 1 saturated carbocycles. The van der Waals surface area contributed by atoms with Crippen LogP contribution in [0.25, 0.3) is 0 Å². The maximum absolute atomic E-state index is 12.1. The van der Waals surface area contributed by atoms with Gasteiger partial charge < -0.3 is 20.1 Å². The highest BCUT2D eigenvalue weighted by molar-refractivity contribution is 5.92. The molecule has 1 aliphatic rings. The van der Waals surface area contributed by atoms with Crippen LogP contribution in [0, 0.1) is 5.92 Å². The quantitative estimate of drug-likeness (QED) is 0.741. The van der Waals surface area contributed by atoms with Gasteiger partial charge in [-0.15, -0.1) is 0 Å². The van der Waals surface area contributed by atoms with Crippen molar-refractivity contribution in [1.29, 1.82) is 0 Å². The third-order valence-electron chi connectivity index (χ3n) is 4.67. The van der Waals surface area contributed by atoms with Gasteiger partial charge in [0, 0.05) is 17.9 Å². The Morgan fingerprint density at radius 1 is 1.00 bits per heavy atom. The Morgan fingerprint density at radius 2 is 1.65 bits per heavy atom. The highest BCUT2D eigenvalue weighted by Crippen LogP contribution is 2.26. The van der Waals surface area contributed by atoms with E-state index in [1.165, 1.54) is 25.7 Å². The van der Waals surface area contributed by atoms with Crippen LogP contribution >= 0.6 is 0 Å². The van der Waals surface area contributed by atoms with Crippen molar-refractivity contribution in [3.63, 3.8) is 0 Å². The lowest BCUT2D eigenvalue weighted by Crippen LogP contribution is -2.20. The smallest absolute Gasteiger partial charge is 0.262 e. The van der Waals surface area contributed by atoms with Gasteiger partial charge in [0.25, 0.3) is 5.91 Å². The fourth-order valence-electron chi connectivity index (χ4n) is 3.23. The predicted octanol–water partition coefficient (Wildman–Crippen LogP) is 4.31. The Bertz CT molecular complexity index is 709. The number of hydrogen-bond acceptors (Lipinski definition) is 4. The summed E-state index contributed by atoms with van der Waals surface area (Å²) in [4.78, 5) is 12.1. The molecule has 0 aromatic heterocycles. The van der Waals surface area contributed by atoms with E-state index in [1.807, 2.05) is 36.4 Å². The van der Waals surface area contributed by atoms with Crippen LogP contribution in [0.4, 0.5) is 11.4 Å². The van der Waals surface area contributed by atoms with Gasteiger partial charge >= 0.3 is 0 Å². The lowest BCUT2D eigenvalue weighted by molar-refractivity contribution is -0.118. The number of carbonyl (C=O) groups excluding carboxylic acids is 1. The Balaban J connectivity index is 1.45. The van der Waals surface area contributed by atoms with Crippen molar-refractivity contribution < 1.29 is 14.3 Å². The first-order chi connectivity index (χ1) is 12.7. The largest absolute Gasteiger partial charge is 0.493 e. The minimum atomic E-state index is -0.206. The molecule has 0 aliphatic heterocycles. The first kappa shape index (κ1) is 18.1. The van der Waals surface area contributed by atoms with Crippen molar-refractivity contribution in [1.82, 2.24) is 0 Å². The summed E-state index contributed by atoms with van der Waals surface area (Å²) < 4.78 is 10.7. The number of carbonyl (C=O) groups is 1. The van der Waals surface area contributed by atoms with Gasteiger partial charge in [0.1, 0.15) is 0 Å². The van der Waals surface area contributed by atoms with E-state index in [2.05, 4.69) is 10.6 Å². The lowest BCUT2D eigenvalue weighted by Gasteiger charge is -2.13. The van der Waals surface area contributed by atoms with Gasteiger partial charge in [-0.3, -0.25) is 4.79 Å². The van der Waals surface area contributed by atoms with Gasteiger partial charge in [-0.05, 0) is 55.2 Å². The van der Waals surface area contributed by atoms with Crippen molar-refractivity contribution in [3.05, 3.63) is 48.5 Å². The molecule has 2 N–H and O–H groups in total. The molecule has 1 fully saturated rings. The van der Waals surface area contributed by atoms with Crippen molar-refractivity contribution in [2.24, 2.45) is 5.92 Å². The van der Waals surface area contributed by atoms with E-state index in [0.29, 0.717) is 11.5 Å². The number of benzene rings is 2. The molecular weight excluding hydrogens is 328 g/mol. The molecule has 0 spiro atoms. The van der Waals surface area contributed by atoms with Gasteiger partial charge in [0.05, 0.1) is 7.11 Å². The van der Waals surface area contributed by atoms with Crippen LogP contribution in [-0.4, -0.2) is 26.2 Å². The van der Waals surface area contributed by atoms with Gasteiger partial charge in [0.15, 0.2) is 18.1 Å². The maximum Gasteiger partial charge on any atom is 0.262 e. The number of rotatable bonds is 8. The number of nitrogens with one attached hydrogen (secondary N) is 2. The fraction of sp³-hybridized carbons (Fsp3) is 0.381. The minimum absolute atomic E-state index is 0.0674. The summed E-state index contributed by atoms with van der Waals surface area (Å²) in [6, 6.07) is 15.1. The van der Waals surface area contributed by atoms with Crippen LogP contribution < -0.4 is 20.1 Å². The molecule has 0 atom stereocenters. The summed E-state index contributed by atoms with van der Waals surface area (Å²) >= 11 is 0. The zero-order valence-corrected chi connectivity index (χ0v) is 15.2. The summed E-state index contributed by atoms with van der Waals surface area (Å²) in [6.45, 7) is 0.959. The van der Waals surface area contributed by atoms with E-state index in [0.717, 1.165) is 23.8 Å². The first-order valence-electron chi connectivity index (χ1n) is 9.14. The molecule has 0 bridgehead atoms. The standard InChI is InChI=1S/C21H26N2O3/c1-25-19-8-4-5-9-20(19)26-15-21(24)23-18-12-10-17(11-13-18)22-14-16-6-2-3-7-16/h4-5,8-13,16,22H,2-3,6-7,14-15H2,1H3,(H,23,24). The third-order valence-corrected chi connectivity index (χ3v) is 4.67. The molecule has 0 radical (unpaired) electrons. The topological polar surface area (TPSA) is 59.6 Å². The van der Waals surface area contributed by atoms with E-state index < -0.39 is 0 Å². The van der Waals surface area contributed by atoms with E-state index in [1.54, 1.807) is 19.2 Å². The van der Waals surface area contributed by atoms with Crippen LogP contribution in [0.1, 0.15) is 25.7 Å². The molecule has 2 aromatic rings. The average Bonchev–Trinajstić information content (AvgIpc) is 3.20. The van der Waals surface area contributed by atoms with Crippen LogP contribution in [0.15, 0.2) is 48.5 Å². The van der Waals surface area contributed by atoms with Crippen molar-refractivity contribution in [3.8, 4) is 11.5 Å². The molecule has 138 valence electrons. The van der Waals surface area contributed by atoms with E-state index >= 15 is 0 Å². The molecule has 1 aliphatic carbocycles. The van der Waals surface area contributed by atoms with Gasteiger partial charge in [-0.1, -0.05) is 25.0 Å². The van der Waals surface area contributed by atoms with Crippen molar-refractivity contribution in [2.75, 3.05) is 30.9 Å². The third kappa shape index (κ3) is 5.15. The molecule has 0 saturated heterocycles. The summed E-state index contributed by atoms with van der Waals surface area (Å²) in [7, 11) is 1.57. The molecule has 0 unspecified atom stereocenters. The molecule has 5 heteroatoms. The Labute approximate surface area is 154 Å². The van der Waals surface area contributed by atoms with E-state index in [9.17, 15) is 4.79 Å². The Morgan fingerprint density at radius 3 is 2.35 bits per heavy atom. The second-order valence-electron chi connectivity index (χ2n) is 6.60. The molecule has 26 heavy (non-hydrogen) atoms. The minimum Gasteiger partial charge on any atom is -0.493 e. The highest BCUT2D eigenvalue weighted by Gasteiger charge is 2.14. The SMILES string of the molecule is COc1ccccc1OCC(=O)Nc1ccc(NCC2CCCC2)cc1. The normalized spacial score (nSPS) is 14.0. The second-order valence-corrected chi connectivity index (χ2v) is 6.60. The van der Waals surface area contributed by atoms with Gasteiger partial charge in [0.2, 0.25) is 0 Å². The van der Waals surface area contributed by atoms with E-state index in [-0.39, 0.29) is 12.5 Å². The zero-order valence-electron chi connectivity index (χ0n) is 15.2. The average molecular weight is 354 g/mol. The van der Waals surface area contributed by atoms with Crippen LogP contribution in [0.2, 0.25) is 0 Å². The summed E-state index contributed by atoms with van der Waals surface area (Å²) in [6.07, 6.45) is 5.36. The maximum atomic E-state index is 12.1. The molecule has 0 heterocycles. The highest BCUT2D eigenvalue weighted by atomic mass is 16.5. The Kier molecular flexibility index (Phi) is 6.36. The molecule has 3 rings (SSSR count). The summed E-state index contributed by atoms with van der Waals surface area (Å²) in [5, 5.41) is 6.32. The molecule has 5 nitrogen and oxygen atoms in total.